The van der Waals surface area contributed by atoms with Crippen molar-refractivity contribution >= 4 is 19.3 Å². The minimum absolute atomic E-state index is 1.04. The molecular formula is C9H22SSi. The Kier molecular flexibility index (Phi) is 6.44. The van der Waals surface area contributed by atoms with Crippen LogP contribution in [0.5, 0.6) is 0 Å². The molecule has 0 aliphatic rings. The number of thiol groups is 1. The molecule has 0 aliphatic heterocycles. The molecule has 68 valence electrons. The zero-order chi connectivity index (χ0) is 8.74. The SMILES string of the molecule is CCCCC[Si](S)(CC)CC. The first-order valence-electron chi connectivity index (χ1n) is 4.91. The first-order chi connectivity index (χ1) is 5.18. The third-order valence-electron chi connectivity index (χ3n) is 2.56. The lowest BCUT2D eigenvalue weighted by molar-refractivity contribution is 0.762. The molecule has 0 heterocycles. The van der Waals surface area contributed by atoms with Crippen molar-refractivity contribution in [3.8, 4) is 0 Å². The van der Waals surface area contributed by atoms with Crippen LogP contribution >= 0.6 is 12.1 Å². The van der Waals surface area contributed by atoms with Gasteiger partial charge in [0.2, 0.25) is 0 Å². The van der Waals surface area contributed by atoms with Gasteiger partial charge in [0.25, 0.3) is 0 Å². The summed E-state index contributed by atoms with van der Waals surface area (Å²) in [6.07, 6.45) is 4.15. The van der Waals surface area contributed by atoms with Gasteiger partial charge in [-0.15, -0.1) is 0 Å². The van der Waals surface area contributed by atoms with E-state index >= 15 is 0 Å². The predicted octanol–water partition coefficient (Wildman–Crippen LogP) is 4.09. The summed E-state index contributed by atoms with van der Waals surface area (Å²) in [5.74, 6) is 0. The number of hydrogen-bond donors (Lipinski definition) is 1. The molecule has 0 nitrogen and oxygen atoms in total. The Bertz CT molecular complexity index is 89.6. The maximum atomic E-state index is 4.83. The molecule has 0 saturated heterocycles. The van der Waals surface area contributed by atoms with Crippen LogP contribution in [0, 0.1) is 0 Å². The van der Waals surface area contributed by atoms with Crippen LogP contribution in [0.3, 0.4) is 0 Å². The fraction of sp³-hybridized carbons (Fsp3) is 1.00. The highest BCUT2D eigenvalue weighted by Crippen LogP contribution is 2.26. The second-order valence-corrected chi connectivity index (χ2v) is 10.6. The molecule has 0 spiro atoms. The fourth-order valence-electron chi connectivity index (χ4n) is 1.31. The van der Waals surface area contributed by atoms with Gasteiger partial charge in [0.15, 0.2) is 0 Å². The molecule has 0 aromatic rings. The molecule has 0 saturated carbocycles. The Balaban J connectivity index is 3.51. The summed E-state index contributed by atoms with van der Waals surface area (Å²) in [5, 5.41) is 0. The first-order valence-corrected chi connectivity index (χ1v) is 8.82. The Hall–Kier alpha value is 0.567. The molecule has 0 N–H and O–H groups in total. The summed E-state index contributed by atoms with van der Waals surface area (Å²) >= 11 is 4.83. The van der Waals surface area contributed by atoms with E-state index in [0.29, 0.717) is 0 Å². The van der Waals surface area contributed by atoms with Crippen LogP contribution in [0.4, 0.5) is 0 Å². The quantitative estimate of drug-likeness (QED) is 0.364. The maximum Gasteiger partial charge on any atom is 0.112 e. The molecule has 0 aromatic heterocycles. The van der Waals surface area contributed by atoms with Crippen molar-refractivity contribution in [3.63, 3.8) is 0 Å². The number of unbranched alkanes of at least 4 members (excludes halogenated alkanes) is 2. The first kappa shape index (κ1) is 11.6. The summed E-state index contributed by atoms with van der Waals surface area (Å²) in [4.78, 5) is 0. The van der Waals surface area contributed by atoms with E-state index in [-0.39, 0.29) is 0 Å². The Labute approximate surface area is 77.8 Å². The summed E-state index contributed by atoms with van der Waals surface area (Å²) in [7, 11) is -1.04. The van der Waals surface area contributed by atoms with Gasteiger partial charge < -0.3 is 0 Å². The van der Waals surface area contributed by atoms with E-state index in [4.69, 9.17) is 12.1 Å². The highest BCUT2D eigenvalue weighted by Gasteiger charge is 2.22. The summed E-state index contributed by atoms with van der Waals surface area (Å²) in [6.45, 7) is 6.86. The van der Waals surface area contributed by atoms with Gasteiger partial charge in [-0.25, -0.2) is 12.1 Å². The van der Waals surface area contributed by atoms with E-state index in [1.165, 1.54) is 37.4 Å². The van der Waals surface area contributed by atoms with Gasteiger partial charge in [-0.1, -0.05) is 52.1 Å². The lowest BCUT2D eigenvalue weighted by Gasteiger charge is -2.22. The number of hydrogen-bond acceptors (Lipinski definition) is 1. The van der Waals surface area contributed by atoms with Crippen LogP contribution in [0.25, 0.3) is 0 Å². The molecule has 0 aliphatic carbocycles. The van der Waals surface area contributed by atoms with Crippen molar-refractivity contribution in [1.82, 2.24) is 0 Å². The molecule has 0 rings (SSSR count). The van der Waals surface area contributed by atoms with Crippen molar-refractivity contribution in [1.29, 1.82) is 0 Å². The van der Waals surface area contributed by atoms with Crippen LogP contribution < -0.4 is 0 Å². The van der Waals surface area contributed by atoms with E-state index in [1.807, 2.05) is 0 Å². The maximum absolute atomic E-state index is 4.83. The van der Waals surface area contributed by atoms with Gasteiger partial charge in [0.05, 0.1) is 0 Å². The van der Waals surface area contributed by atoms with Gasteiger partial charge in [-0.05, 0) is 6.04 Å². The Morgan fingerprint density at radius 2 is 1.55 bits per heavy atom. The standard InChI is InChI=1S/C9H22SSi/c1-4-7-8-9-11(10,5-2)6-3/h10H,4-9H2,1-3H3. The molecule has 0 bridgehead atoms. The number of rotatable bonds is 6. The Morgan fingerprint density at radius 1 is 1.00 bits per heavy atom. The average Bonchev–Trinajstić information content (AvgIpc) is 2.05. The molecule has 2 heteroatoms. The van der Waals surface area contributed by atoms with E-state index < -0.39 is 7.22 Å². The molecular weight excluding hydrogens is 168 g/mol. The molecule has 0 amide bonds. The van der Waals surface area contributed by atoms with Crippen molar-refractivity contribution in [3.05, 3.63) is 0 Å². The van der Waals surface area contributed by atoms with E-state index in [0.717, 1.165) is 0 Å². The predicted molar refractivity (Wildman–Crippen MR) is 60.0 cm³/mol. The molecule has 11 heavy (non-hydrogen) atoms. The third kappa shape index (κ3) is 4.91. The summed E-state index contributed by atoms with van der Waals surface area (Å²) in [5.41, 5.74) is 0. The van der Waals surface area contributed by atoms with Crippen molar-refractivity contribution in [2.45, 2.75) is 58.2 Å². The van der Waals surface area contributed by atoms with Crippen molar-refractivity contribution < 1.29 is 0 Å². The lowest BCUT2D eigenvalue weighted by Crippen LogP contribution is -2.23. The molecule has 0 fully saturated rings. The highest BCUT2D eigenvalue weighted by atomic mass is 32.3. The van der Waals surface area contributed by atoms with Crippen molar-refractivity contribution in [2.24, 2.45) is 0 Å². The molecule has 0 radical (unpaired) electrons. The van der Waals surface area contributed by atoms with Gasteiger partial charge in [0.1, 0.15) is 7.22 Å². The summed E-state index contributed by atoms with van der Waals surface area (Å²) < 4.78 is 0. The lowest BCUT2D eigenvalue weighted by atomic mass is 10.3. The molecule has 0 aromatic carbocycles. The molecule has 0 atom stereocenters. The normalized spacial score (nSPS) is 12.0. The minimum atomic E-state index is -1.04. The average molecular weight is 190 g/mol. The topological polar surface area (TPSA) is 0 Å². The minimum Gasteiger partial charge on any atom is -0.202 e. The van der Waals surface area contributed by atoms with Gasteiger partial charge in [-0.2, -0.15) is 0 Å². The zero-order valence-corrected chi connectivity index (χ0v) is 10.1. The van der Waals surface area contributed by atoms with Gasteiger partial charge in [0, 0.05) is 0 Å². The van der Waals surface area contributed by atoms with Gasteiger partial charge >= 0.3 is 0 Å². The smallest absolute Gasteiger partial charge is 0.112 e. The second kappa shape index (κ2) is 6.12. The second-order valence-electron chi connectivity index (χ2n) is 3.39. The summed E-state index contributed by atoms with van der Waals surface area (Å²) in [6, 6.07) is 4.11. The van der Waals surface area contributed by atoms with Crippen LogP contribution in [0.2, 0.25) is 18.1 Å². The van der Waals surface area contributed by atoms with Gasteiger partial charge in [-0.3, -0.25) is 0 Å². The molecule has 0 unspecified atom stereocenters. The van der Waals surface area contributed by atoms with Crippen LogP contribution in [0.15, 0.2) is 0 Å². The fourth-order valence-corrected chi connectivity index (χ4v) is 3.90. The van der Waals surface area contributed by atoms with Crippen LogP contribution in [0.1, 0.15) is 40.0 Å². The van der Waals surface area contributed by atoms with Crippen LogP contribution in [-0.2, 0) is 0 Å². The van der Waals surface area contributed by atoms with E-state index in [2.05, 4.69) is 20.8 Å². The van der Waals surface area contributed by atoms with Crippen LogP contribution in [-0.4, -0.2) is 7.22 Å². The Morgan fingerprint density at radius 3 is 1.91 bits per heavy atom. The van der Waals surface area contributed by atoms with E-state index in [1.54, 1.807) is 0 Å². The largest absolute Gasteiger partial charge is 0.202 e. The monoisotopic (exact) mass is 190 g/mol. The highest BCUT2D eigenvalue weighted by molar-refractivity contribution is 8.14. The zero-order valence-electron chi connectivity index (χ0n) is 8.19. The third-order valence-corrected chi connectivity index (χ3v) is 9.05. The van der Waals surface area contributed by atoms with E-state index in [9.17, 15) is 0 Å². The van der Waals surface area contributed by atoms with Crippen molar-refractivity contribution in [2.75, 3.05) is 0 Å².